The Bertz CT molecular complexity index is 629. The van der Waals surface area contributed by atoms with E-state index in [4.69, 9.17) is 20.6 Å². The molecule has 2 aromatic carbocycles. The number of rotatable bonds is 5. The third-order valence-electron chi connectivity index (χ3n) is 2.80. The molecule has 5 heteroatoms. The lowest BCUT2D eigenvalue weighted by Crippen LogP contribution is -2.11. The Morgan fingerprint density at radius 1 is 1.25 bits per heavy atom. The number of benzene rings is 2. The van der Waals surface area contributed by atoms with Crippen molar-refractivity contribution in [1.29, 1.82) is 5.41 Å². The van der Waals surface area contributed by atoms with Crippen molar-refractivity contribution in [2.75, 3.05) is 7.11 Å². The van der Waals surface area contributed by atoms with Crippen LogP contribution in [0.2, 0.25) is 0 Å². The second-order valence-electron chi connectivity index (χ2n) is 4.16. The number of ether oxygens (including phenoxy) is 2. The minimum absolute atomic E-state index is 0.0389. The molecule has 0 aromatic heterocycles. The molecule has 4 nitrogen and oxygen atoms in total. The fraction of sp³-hybridized carbons (Fsp3) is 0.133. The van der Waals surface area contributed by atoms with Crippen LogP contribution >= 0.6 is 0 Å². The number of methoxy groups -OCH3 is 1. The van der Waals surface area contributed by atoms with Crippen LogP contribution in [-0.4, -0.2) is 12.9 Å². The highest BCUT2D eigenvalue weighted by molar-refractivity contribution is 5.95. The first kappa shape index (κ1) is 13.9. The van der Waals surface area contributed by atoms with Crippen molar-refractivity contribution in [3.8, 4) is 11.5 Å². The Morgan fingerprint density at radius 3 is 2.70 bits per heavy atom. The number of nitrogens with one attached hydrogen (secondary N) is 1. The van der Waals surface area contributed by atoms with Crippen LogP contribution in [0.4, 0.5) is 4.39 Å². The van der Waals surface area contributed by atoms with Crippen molar-refractivity contribution >= 4 is 5.84 Å². The predicted octanol–water partition coefficient (Wildman–Crippen LogP) is 2.70. The van der Waals surface area contributed by atoms with E-state index in [0.29, 0.717) is 16.9 Å². The Labute approximate surface area is 116 Å². The SMILES string of the molecule is COc1cccc(COc2cccc(C(=N)N)c2)c1F. The van der Waals surface area contributed by atoms with Crippen LogP contribution in [0.1, 0.15) is 11.1 Å². The molecule has 0 aliphatic heterocycles. The Hall–Kier alpha value is -2.56. The Kier molecular flexibility index (Phi) is 4.20. The maximum atomic E-state index is 13.9. The van der Waals surface area contributed by atoms with E-state index >= 15 is 0 Å². The van der Waals surface area contributed by atoms with E-state index < -0.39 is 5.82 Å². The molecule has 0 radical (unpaired) electrons. The normalized spacial score (nSPS) is 10.1. The molecular weight excluding hydrogens is 259 g/mol. The van der Waals surface area contributed by atoms with E-state index in [9.17, 15) is 4.39 Å². The summed E-state index contributed by atoms with van der Waals surface area (Å²) in [5.74, 6) is 0.240. The molecule has 0 spiro atoms. The molecule has 2 aromatic rings. The first-order valence-corrected chi connectivity index (χ1v) is 6.00. The maximum absolute atomic E-state index is 13.9. The number of nitrogen functional groups attached to an aromatic ring is 1. The number of hydrogen-bond acceptors (Lipinski definition) is 3. The summed E-state index contributed by atoms with van der Waals surface area (Å²) in [6.45, 7) is 0.0738. The van der Waals surface area contributed by atoms with Gasteiger partial charge in [-0.1, -0.05) is 24.3 Å². The monoisotopic (exact) mass is 274 g/mol. The predicted molar refractivity (Wildman–Crippen MR) is 74.7 cm³/mol. The molecule has 0 aliphatic carbocycles. The van der Waals surface area contributed by atoms with E-state index in [1.54, 1.807) is 42.5 Å². The average molecular weight is 274 g/mol. The summed E-state index contributed by atoms with van der Waals surface area (Å²) < 4.78 is 24.4. The van der Waals surface area contributed by atoms with Gasteiger partial charge in [-0.25, -0.2) is 4.39 Å². The number of hydrogen-bond donors (Lipinski definition) is 2. The van der Waals surface area contributed by atoms with Crippen molar-refractivity contribution in [2.45, 2.75) is 6.61 Å². The summed E-state index contributed by atoms with van der Waals surface area (Å²) in [4.78, 5) is 0. The van der Waals surface area contributed by atoms with Crippen molar-refractivity contribution in [3.05, 3.63) is 59.4 Å². The van der Waals surface area contributed by atoms with Gasteiger partial charge in [-0.05, 0) is 18.2 Å². The highest BCUT2D eigenvalue weighted by Crippen LogP contribution is 2.22. The summed E-state index contributed by atoms with van der Waals surface area (Å²) in [5.41, 5.74) is 6.37. The van der Waals surface area contributed by atoms with Crippen LogP contribution < -0.4 is 15.2 Å². The van der Waals surface area contributed by atoms with Gasteiger partial charge in [-0.2, -0.15) is 0 Å². The van der Waals surface area contributed by atoms with Gasteiger partial charge in [0.15, 0.2) is 11.6 Å². The lowest BCUT2D eigenvalue weighted by Gasteiger charge is -2.10. The molecule has 0 amide bonds. The molecule has 2 rings (SSSR count). The van der Waals surface area contributed by atoms with Crippen LogP contribution in [0.15, 0.2) is 42.5 Å². The van der Waals surface area contributed by atoms with E-state index in [2.05, 4.69) is 0 Å². The van der Waals surface area contributed by atoms with Crippen LogP contribution in [0.3, 0.4) is 0 Å². The molecule has 0 atom stereocenters. The minimum Gasteiger partial charge on any atom is -0.494 e. The largest absolute Gasteiger partial charge is 0.494 e. The highest BCUT2D eigenvalue weighted by Gasteiger charge is 2.09. The highest BCUT2D eigenvalue weighted by atomic mass is 19.1. The first-order chi connectivity index (χ1) is 9.61. The van der Waals surface area contributed by atoms with Crippen LogP contribution in [0, 0.1) is 11.2 Å². The van der Waals surface area contributed by atoms with Gasteiger partial charge in [-0.3, -0.25) is 5.41 Å². The maximum Gasteiger partial charge on any atom is 0.171 e. The van der Waals surface area contributed by atoms with E-state index in [-0.39, 0.29) is 18.2 Å². The molecule has 3 N–H and O–H groups in total. The quantitative estimate of drug-likeness (QED) is 0.650. The molecule has 0 unspecified atom stereocenters. The van der Waals surface area contributed by atoms with Gasteiger partial charge in [0.2, 0.25) is 0 Å². The molecule has 0 bridgehead atoms. The minimum atomic E-state index is -0.433. The van der Waals surface area contributed by atoms with Crippen LogP contribution in [0.25, 0.3) is 0 Å². The third kappa shape index (κ3) is 3.06. The molecule has 104 valence electrons. The number of nitrogens with two attached hydrogens (primary N) is 1. The fourth-order valence-corrected chi connectivity index (χ4v) is 1.74. The Balaban J connectivity index is 2.13. The van der Waals surface area contributed by atoms with Crippen molar-refractivity contribution in [1.82, 2.24) is 0 Å². The standard InChI is InChI=1S/C15H15FN2O2/c1-19-13-7-3-5-11(14(13)16)9-20-12-6-2-4-10(8-12)15(17)18/h2-8H,9H2,1H3,(H3,17,18). The van der Waals surface area contributed by atoms with E-state index in [0.717, 1.165) is 0 Å². The second kappa shape index (κ2) is 6.06. The first-order valence-electron chi connectivity index (χ1n) is 6.00. The molecule has 20 heavy (non-hydrogen) atoms. The average Bonchev–Trinajstić information content (AvgIpc) is 2.46. The second-order valence-corrected chi connectivity index (χ2v) is 4.16. The summed E-state index contributed by atoms with van der Waals surface area (Å²) in [5, 5.41) is 7.36. The Morgan fingerprint density at radius 2 is 2.00 bits per heavy atom. The zero-order valence-corrected chi connectivity index (χ0v) is 11.0. The van der Waals surface area contributed by atoms with Crippen molar-refractivity contribution in [2.24, 2.45) is 5.73 Å². The van der Waals surface area contributed by atoms with Crippen molar-refractivity contribution in [3.63, 3.8) is 0 Å². The van der Waals surface area contributed by atoms with Gasteiger partial charge in [0.25, 0.3) is 0 Å². The number of amidine groups is 1. The zero-order chi connectivity index (χ0) is 14.5. The van der Waals surface area contributed by atoms with Gasteiger partial charge in [-0.15, -0.1) is 0 Å². The lowest BCUT2D eigenvalue weighted by atomic mass is 10.2. The van der Waals surface area contributed by atoms with Crippen LogP contribution in [-0.2, 0) is 6.61 Å². The van der Waals surface area contributed by atoms with Gasteiger partial charge in [0, 0.05) is 11.1 Å². The lowest BCUT2D eigenvalue weighted by molar-refractivity contribution is 0.295. The van der Waals surface area contributed by atoms with Gasteiger partial charge in [0.1, 0.15) is 18.2 Å². The topological polar surface area (TPSA) is 68.3 Å². The zero-order valence-electron chi connectivity index (χ0n) is 11.0. The summed E-state index contributed by atoms with van der Waals surface area (Å²) in [6.07, 6.45) is 0. The van der Waals surface area contributed by atoms with Crippen molar-refractivity contribution < 1.29 is 13.9 Å². The van der Waals surface area contributed by atoms with Crippen LogP contribution in [0.5, 0.6) is 11.5 Å². The molecule has 0 saturated carbocycles. The van der Waals surface area contributed by atoms with Gasteiger partial charge in [0.05, 0.1) is 7.11 Å². The smallest absolute Gasteiger partial charge is 0.171 e. The van der Waals surface area contributed by atoms with E-state index in [1.165, 1.54) is 7.11 Å². The third-order valence-corrected chi connectivity index (χ3v) is 2.80. The van der Waals surface area contributed by atoms with Gasteiger partial charge < -0.3 is 15.2 Å². The van der Waals surface area contributed by atoms with Gasteiger partial charge >= 0.3 is 0 Å². The summed E-state index contributed by atoms with van der Waals surface area (Å²) in [7, 11) is 1.42. The summed E-state index contributed by atoms with van der Waals surface area (Å²) in [6, 6.07) is 11.7. The molecule has 0 aliphatic rings. The molecule has 0 fully saturated rings. The summed E-state index contributed by atoms with van der Waals surface area (Å²) >= 11 is 0. The molecule has 0 saturated heterocycles. The van der Waals surface area contributed by atoms with E-state index in [1.807, 2.05) is 0 Å². The number of halogens is 1. The molecule has 0 heterocycles. The fourth-order valence-electron chi connectivity index (χ4n) is 1.74. The molecular formula is C15H15FN2O2.